The van der Waals surface area contributed by atoms with Crippen LogP contribution in [0.2, 0.25) is 0 Å². The molecular formula is C7H12O. The molecule has 0 heterocycles. The highest BCUT2D eigenvalue weighted by Crippen LogP contribution is 2.33. The topological polar surface area (TPSA) is 17.1 Å². The van der Waals surface area contributed by atoms with Crippen LogP contribution in [0.1, 0.15) is 26.7 Å². The van der Waals surface area contributed by atoms with E-state index >= 15 is 0 Å². The molecule has 0 atom stereocenters. The standard InChI is InChI=1S/C7H12O/c1-5-3-7(4-5)6(2)8/h5,7H,3-4H2,1-2H3. The number of rotatable bonds is 1. The molecule has 1 heteroatoms. The molecule has 0 aliphatic heterocycles. The van der Waals surface area contributed by atoms with E-state index in [0.717, 1.165) is 18.8 Å². The van der Waals surface area contributed by atoms with Gasteiger partial charge in [0.25, 0.3) is 0 Å². The van der Waals surface area contributed by atoms with E-state index < -0.39 is 0 Å². The van der Waals surface area contributed by atoms with E-state index in [1.807, 2.05) is 0 Å². The summed E-state index contributed by atoms with van der Waals surface area (Å²) in [6.07, 6.45) is 2.27. The minimum atomic E-state index is 0.378. The van der Waals surface area contributed by atoms with Gasteiger partial charge in [0.05, 0.1) is 0 Å². The lowest BCUT2D eigenvalue weighted by atomic mass is 9.74. The second kappa shape index (κ2) is 1.88. The van der Waals surface area contributed by atoms with Crippen LogP contribution in [0.4, 0.5) is 0 Å². The molecule has 1 rings (SSSR count). The monoisotopic (exact) mass is 112 g/mol. The second-order valence-corrected chi connectivity index (χ2v) is 2.88. The number of hydrogen-bond donors (Lipinski definition) is 0. The van der Waals surface area contributed by atoms with Crippen molar-refractivity contribution in [2.45, 2.75) is 26.7 Å². The van der Waals surface area contributed by atoms with Gasteiger partial charge < -0.3 is 0 Å². The lowest BCUT2D eigenvalue weighted by molar-refractivity contribution is -0.124. The van der Waals surface area contributed by atoms with Crippen molar-refractivity contribution in [1.29, 1.82) is 0 Å². The Morgan fingerprint density at radius 1 is 1.50 bits per heavy atom. The van der Waals surface area contributed by atoms with E-state index in [9.17, 15) is 4.79 Å². The van der Waals surface area contributed by atoms with Gasteiger partial charge in [-0.25, -0.2) is 0 Å². The highest BCUT2D eigenvalue weighted by atomic mass is 16.1. The summed E-state index contributed by atoms with van der Waals surface area (Å²) in [6, 6.07) is 0. The molecule has 0 bridgehead atoms. The first-order valence-corrected chi connectivity index (χ1v) is 3.20. The van der Waals surface area contributed by atoms with Crippen LogP contribution < -0.4 is 0 Å². The summed E-state index contributed by atoms with van der Waals surface area (Å²) in [7, 11) is 0. The fourth-order valence-electron chi connectivity index (χ4n) is 1.23. The molecule has 0 aromatic heterocycles. The van der Waals surface area contributed by atoms with Crippen molar-refractivity contribution < 1.29 is 4.79 Å². The molecule has 8 heavy (non-hydrogen) atoms. The molecule has 1 fully saturated rings. The van der Waals surface area contributed by atoms with E-state index in [4.69, 9.17) is 0 Å². The summed E-state index contributed by atoms with van der Waals surface area (Å²) < 4.78 is 0. The number of carbonyl (C=O) groups is 1. The van der Waals surface area contributed by atoms with Crippen molar-refractivity contribution in [1.82, 2.24) is 0 Å². The fraction of sp³-hybridized carbons (Fsp3) is 0.857. The molecule has 0 amide bonds. The van der Waals surface area contributed by atoms with E-state index in [-0.39, 0.29) is 0 Å². The zero-order chi connectivity index (χ0) is 6.15. The van der Waals surface area contributed by atoms with Crippen molar-refractivity contribution in [2.75, 3.05) is 0 Å². The smallest absolute Gasteiger partial charge is 0.132 e. The van der Waals surface area contributed by atoms with Gasteiger partial charge in [-0.15, -0.1) is 0 Å². The molecule has 0 aromatic rings. The van der Waals surface area contributed by atoms with Crippen molar-refractivity contribution in [2.24, 2.45) is 11.8 Å². The summed E-state index contributed by atoms with van der Waals surface area (Å²) in [5.74, 6) is 1.61. The highest BCUT2D eigenvalue weighted by Gasteiger charge is 2.28. The van der Waals surface area contributed by atoms with Crippen molar-refractivity contribution in [3.63, 3.8) is 0 Å². The normalized spacial score (nSPS) is 36.2. The third kappa shape index (κ3) is 0.908. The Labute approximate surface area is 50.1 Å². The fourth-order valence-corrected chi connectivity index (χ4v) is 1.23. The van der Waals surface area contributed by atoms with Gasteiger partial charge in [-0.2, -0.15) is 0 Å². The molecule has 0 N–H and O–H groups in total. The Balaban J connectivity index is 2.25. The quantitative estimate of drug-likeness (QED) is 0.503. The van der Waals surface area contributed by atoms with E-state index in [1.165, 1.54) is 0 Å². The lowest BCUT2D eigenvalue weighted by Gasteiger charge is -2.30. The van der Waals surface area contributed by atoms with Crippen LogP contribution in [0.5, 0.6) is 0 Å². The predicted molar refractivity (Wildman–Crippen MR) is 32.6 cm³/mol. The van der Waals surface area contributed by atoms with Crippen LogP contribution >= 0.6 is 0 Å². The van der Waals surface area contributed by atoms with Crippen molar-refractivity contribution >= 4 is 5.78 Å². The molecule has 0 radical (unpaired) electrons. The van der Waals surface area contributed by atoms with Gasteiger partial charge in [0.15, 0.2) is 0 Å². The van der Waals surface area contributed by atoms with Gasteiger partial charge >= 0.3 is 0 Å². The zero-order valence-corrected chi connectivity index (χ0v) is 5.48. The van der Waals surface area contributed by atoms with Crippen LogP contribution in [0.3, 0.4) is 0 Å². The Morgan fingerprint density at radius 3 is 2.12 bits per heavy atom. The average molecular weight is 112 g/mol. The second-order valence-electron chi connectivity index (χ2n) is 2.88. The maximum atomic E-state index is 10.6. The number of ketones is 1. The predicted octanol–water partition coefficient (Wildman–Crippen LogP) is 1.62. The first-order chi connectivity index (χ1) is 3.70. The minimum absolute atomic E-state index is 0.378. The van der Waals surface area contributed by atoms with Crippen molar-refractivity contribution in [3.8, 4) is 0 Å². The number of hydrogen-bond acceptors (Lipinski definition) is 1. The van der Waals surface area contributed by atoms with E-state index in [0.29, 0.717) is 11.7 Å². The van der Waals surface area contributed by atoms with Crippen LogP contribution in [0, 0.1) is 11.8 Å². The van der Waals surface area contributed by atoms with Gasteiger partial charge in [-0.05, 0) is 25.7 Å². The molecule has 0 unspecified atom stereocenters. The highest BCUT2D eigenvalue weighted by molar-refractivity contribution is 5.79. The summed E-state index contributed by atoms with van der Waals surface area (Å²) in [4.78, 5) is 10.6. The molecule has 1 saturated carbocycles. The Kier molecular flexibility index (Phi) is 1.37. The SMILES string of the molecule is CC(=O)C1CC(C)C1. The summed E-state index contributed by atoms with van der Waals surface area (Å²) in [5, 5.41) is 0. The van der Waals surface area contributed by atoms with Gasteiger partial charge in [0.2, 0.25) is 0 Å². The minimum Gasteiger partial charge on any atom is -0.300 e. The third-order valence-corrected chi connectivity index (χ3v) is 1.95. The first kappa shape index (κ1) is 5.80. The van der Waals surface area contributed by atoms with Gasteiger partial charge in [-0.3, -0.25) is 4.79 Å². The van der Waals surface area contributed by atoms with Crippen LogP contribution in [0.25, 0.3) is 0 Å². The van der Waals surface area contributed by atoms with Crippen molar-refractivity contribution in [3.05, 3.63) is 0 Å². The van der Waals surface area contributed by atoms with E-state index in [2.05, 4.69) is 6.92 Å². The summed E-state index contributed by atoms with van der Waals surface area (Å²) in [5.41, 5.74) is 0. The van der Waals surface area contributed by atoms with E-state index in [1.54, 1.807) is 6.92 Å². The molecular weight excluding hydrogens is 100 g/mol. The van der Waals surface area contributed by atoms with Crippen LogP contribution in [-0.2, 0) is 4.79 Å². The Bertz CT molecular complexity index is 101. The Hall–Kier alpha value is -0.330. The maximum Gasteiger partial charge on any atom is 0.132 e. The van der Waals surface area contributed by atoms with Gasteiger partial charge in [-0.1, -0.05) is 6.92 Å². The molecule has 46 valence electrons. The van der Waals surface area contributed by atoms with Crippen LogP contribution in [0.15, 0.2) is 0 Å². The summed E-state index contributed by atoms with van der Waals surface area (Å²) in [6.45, 7) is 3.88. The first-order valence-electron chi connectivity index (χ1n) is 3.20. The molecule has 0 aromatic carbocycles. The molecule has 1 nitrogen and oxygen atoms in total. The van der Waals surface area contributed by atoms with Gasteiger partial charge in [0, 0.05) is 5.92 Å². The molecule has 1 aliphatic carbocycles. The average Bonchev–Trinajstić information content (AvgIpc) is 1.57. The maximum absolute atomic E-state index is 10.6. The Morgan fingerprint density at radius 2 is 2.00 bits per heavy atom. The molecule has 0 spiro atoms. The lowest BCUT2D eigenvalue weighted by Crippen LogP contribution is -2.26. The zero-order valence-electron chi connectivity index (χ0n) is 5.48. The number of Topliss-reactive ketones (excluding diaryl/α,β-unsaturated/α-hetero) is 1. The van der Waals surface area contributed by atoms with Crippen LogP contribution in [-0.4, -0.2) is 5.78 Å². The summed E-state index contributed by atoms with van der Waals surface area (Å²) >= 11 is 0. The largest absolute Gasteiger partial charge is 0.300 e. The molecule has 1 aliphatic rings. The number of carbonyl (C=O) groups excluding carboxylic acids is 1. The third-order valence-electron chi connectivity index (χ3n) is 1.95. The molecule has 0 saturated heterocycles. The van der Waals surface area contributed by atoms with Gasteiger partial charge in [0.1, 0.15) is 5.78 Å².